The van der Waals surface area contributed by atoms with Gasteiger partial charge in [0.15, 0.2) is 17.6 Å². The van der Waals surface area contributed by atoms with E-state index in [0.717, 1.165) is 12.0 Å². The maximum absolute atomic E-state index is 13.2. The zero-order valence-corrected chi connectivity index (χ0v) is 18.8. The normalized spacial score (nSPS) is 18.2. The van der Waals surface area contributed by atoms with Gasteiger partial charge < -0.3 is 29.7 Å². The minimum Gasteiger partial charge on any atom is -0.493 e. The molecule has 5 rings (SSSR count). The highest BCUT2D eigenvalue weighted by atomic mass is 16.5. The van der Waals surface area contributed by atoms with Crippen LogP contribution in [0.5, 0.6) is 11.5 Å². The fraction of sp³-hybridized carbons (Fsp3) is 0.375. The van der Waals surface area contributed by atoms with Crippen LogP contribution in [0.3, 0.4) is 0 Å². The molecule has 0 radical (unpaired) electrons. The lowest BCUT2D eigenvalue weighted by molar-refractivity contribution is -0.145. The minimum absolute atomic E-state index is 0.0116. The van der Waals surface area contributed by atoms with Crippen LogP contribution in [-0.2, 0) is 16.0 Å². The Morgan fingerprint density at radius 1 is 1.06 bits per heavy atom. The Morgan fingerprint density at radius 3 is 2.55 bits per heavy atom. The molecule has 0 spiro atoms. The lowest BCUT2D eigenvalue weighted by Gasteiger charge is -2.37. The lowest BCUT2D eigenvalue weighted by Crippen LogP contribution is -2.51. The largest absolute Gasteiger partial charge is 0.493 e. The predicted molar refractivity (Wildman–Crippen MR) is 125 cm³/mol. The quantitative estimate of drug-likeness (QED) is 0.647. The first-order valence-electron chi connectivity index (χ1n) is 11.0. The molecule has 3 heterocycles. The lowest BCUT2D eigenvalue weighted by atomic mass is 9.96. The second kappa shape index (κ2) is 8.74. The van der Waals surface area contributed by atoms with Crippen LogP contribution in [0.1, 0.15) is 17.2 Å². The number of fused-ring (bicyclic) bond motifs is 2. The third-order valence-corrected chi connectivity index (χ3v) is 6.31. The summed E-state index contributed by atoms with van der Waals surface area (Å²) < 4.78 is 16.6. The summed E-state index contributed by atoms with van der Waals surface area (Å²) in [5.41, 5.74) is 9.09. The van der Waals surface area contributed by atoms with E-state index in [-0.39, 0.29) is 5.91 Å². The molecule has 1 aromatic heterocycles. The third-order valence-electron chi connectivity index (χ3n) is 6.31. The number of ether oxygens (including phenoxy) is 3. The van der Waals surface area contributed by atoms with Gasteiger partial charge in [-0.15, -0.1) is 0 Å². The topological polar surface area (TPSA) is 103 Å². The summed E-state index contributed by atoms with van der Waals surface area (Å²) in [5, 5.41) is 0.707. The van der Waals surface area contributed by atoms with Gasteiger partial charge in [-0.3, -0.25) is 4.79 Å². The summed E-state index contributed by atoms with van der Waals surface area (Å²) in [5.74, 6) is 2.08. The van der Waals surface area contributed by atoms with E-state index in [9.17, 15) is 4.79 Å². The van der Waals surface area contributed by atoms with Gasteiger partial charge >= 0.3 is 0 Å². The van der Waals surface area contributed by atoms with Crippen LogP contribution in [0.2, 0.25) is 0 Å². The second-order valence-corrected chi connectivity index (χ2v) is 8.15. The highest BCUT2D eigenvalue weighted by Gasteiger charge is 2.33. The Hall–Kier alpha value is -3.59. The van der Waals surface area contributed by atoms with Crippen LogP contribution >= 0.6 is 0 Å². The number of hydrogen-bond acceptors (Lipinski definition) is 8. The van der Waals surface area contributed by atoms with Gasteiger partial charge in [0.1, 0.15) is 5.82 Å². The number of anilines is 2. The van der Waals surface area contributed by atoms with Gasteiger partial charge in [-0.25, -0.2) is 4.98 Å². The van der Waals surface area contributed by atoms with E-state index in [2.05, 4.69) is 11.1 Å². The summed E-state index contributed by atoms with van der Waals surface area (Å²) in [4.78, 5) is 26.4. The highest BCUT2D eigenvalue weighted by Crippen LogP contribution is 2.34. The van der Waals surface area contributed by atoms with E-state index < -0.39 is 6.10 Å². The Labute approximate surface area is 192 Å². The van der Waals surface area contributed by atoms with Crippen molar-refractivity contribution in [2.75, 3.05) is 57.6 Å². The molecular formula is C24H27N5O4. The summed E-state index contributed by atoms with van der Waals surface area (Å²) >= 11 is 0. The van der Waals surface area contributed by atoms with Gasteiger partial charge in [-0.1, -0.05) is 24.3 Å². The first-order chi connectivity index (χ1) is 16.1. The molecule has 1 atom stereocenters. The third kappa shape index (κ3) is 3.89. The smallest absolute Gasteiger partial charge is 0.256 e. The van der Waals surface area contributed by atoms with Crippen molar-refractivity contribution in [1.29, 1.82) is 0 Å². The van der Waals surface area contributed by atoms with Gasteiger partial charge in [0, 0.05) is 37.6 Å². The number of carbonyl (C=O) groups is 1. The Kier molecular flexibility index (Phi) is 5.63. The molecule has 9 heteroatoms. The van der Waals surface area contributed by atoms with Crippen molar-refractivity contribution in [3.8, 4) is 11.5 Å². The van der Waals surface area contributed by atoms with Crippen molar-refractivity contribution in [3.05, 3.63) is 47.5 Å². The van der Waals surface area contributed by atoms with E-state index >= 15 is 0 Å². The van der Waals surface area contributed by atoms with Crippen LogP contribution in [0, 0.1) is 0 Å². The maximum atomic E-state index is 13.2. The monoisotopic (exact) mass is 449 g/mol. The number of aromatic nitrogens is 2. The average molecular weight is 450 g/mol. The van der Waals surface area contributed by atoms with Crippen molar-refractivity contribution >= 4 is 28.6 Å². The maximum Gasteiger partial charge on any atom is 0.256 e. The number of nitrogens with two attached hydrogens (primary N) is 1. The van der Waals surface area contributed by atoms with E-state index in [4.69, 9.17) is 24.9 Å². The molecule has 2 N–H and O–H groups in total. The van der Waals surface area contributed by atoms with Crippen LogP contribution in [0.15, 0.2) is 36.4 Å². The Balaban J connectivity index is 1.33. The molecule has 9 nitrogen and oxygen atoms in total. The van der Waals surface area contributed by atoms with Gasteiger partial charge in [-0.05, 0) is 23.6 Å². The predicted octanol–water partition coefficient (Wildman–Crippen LogP) is 2.19. The Bertz CT molecular complexity index is 1190. The van der Waals surface area contributed by atoms with Gasteiger partial charge in [0.25, 0.3) is 5.91 Å². The zero-order valence-electron chi connectivity index (χ0n) is 18.8. The van der Waals surface area contributed by atoms with E-state index in [0.29, 0.717) is 67.0 Å². The fourth-order valence-corrected chi connectivity index (χ4v) is 4.50. The summed E-state index contributed by atoms with van der Waals surface area (Å²) in [6, 6.07) is 11.6. The average Bonchev–Trinajstić information content (AvgIpc) is 2.87. The van der Waals surface area contributed by atoms with Crippen molar-refractivity contribution in [3.63, 3.8) is 0 Å². The first kappa shape index (κ1) is 21.3. The molecule has 2 aliphatic heterocycles. The fourth-order valence-electron chi connectivity index (χ4n) is 4.50. The summed E-state index contributed by atoms with van der Waals surface area (Å²) in [7, 11) is 3.16. The molecule has 3 aromatic rings. The van der Waals surface area contributed by atoms with Gasteiger partial charge in [0.2, 0.25) is 5.95 Å². The number of methoxy groups -OCH3 is 2. The molecule has 1 fully saturated rings. The molecule has 1 saturated heterocycles. The number of hydrogen-bond donors (Lipinski definition) is 1. The molecule has 0 saturated carbocycles. The summed E-state index contributed by atoms with van der Waals surface area (Å²) in [6.07, 6.45) is 0.307. The number of amides is 1. The van der Waals surface area contributed by atoms with Crippen LogP contribution in [0.4, 0.5) is 11.8 Å². The van der Waals surface area contributed by atoms with E-state index in [1.54, 1.807) is 26.4 Å². The number of nitrogen functional groups attached to an aromatic ring is 1. The Morgan fingerprint density at radius 2 is 1.79 bits per heavy atom. The minimum atomic E-state index is -0.531. The molecule has 0 aliphatic carbocycles. The van der Waals surface area contributed by atoms with E-state index in [1.807, 2.05) is 28.0 Å². The molecule has 1 unspecified atom stereocenters. The van der Waals surface area contributed by atoms with Crippen molar-refractivity contribution in [2.45, 2.75) is 12.5 Å². The molecule has 172 valence electrons. The van der Waals surface area contributed by atoms with Crippen molar-refractivity contribution in [2.24, 2.45) is 0 Å². The van der Waals surface area contributed by atoms with Crippen LogP contribution in [0.25, 0.3) is 10.9 Å². The SMILES string of the molecule is COc1cc2nc(N3CCN(C(=O)C4OCCc5ccccc54)CC3)nc(N)c2cc1OC. The molecule has 2 aromatic carbocycles. The number of benzene rings is 2. The van der Waals surface area contributed by atoms with Crippen molar-refractivity contribution in [1.82, 2.24) is 14.9 Å². The number of rotatable bonds is 4. The van der Waals surface area contributed by atoms with E-state index in [1.165, 1.54) is 5.56 Å². The second-order valence-electron chi connectivity index (χ2n) is 8.15. The first-order valence-corrected chi connectivity index (χ1v) is 11.0. The molecule has 1 amide bonds. The molecular weight excluding hydrogens is 422 g/mol. The van der Waals surface area contributed by atoms with Gasteiger partial charge in [-0.2, -0.15) is 4.98 Å². The number of nitrogens with zero attached hydrogens (tertiary/aromatic N) is 4. The molecule has 33 heavy (non-hydrogen) atoms. The number of piperazine rings is 1. The van der Waals surface area contributed by atoms with Crippen LogP contribution < -0.4 is 20.1 Å². The summed E-state index contributed by atoms with van der Waals surface area (Å²) in [6.45, 7) is 2.91. The number of carbonyl (C=O) groups excluding carboxylic acids is 1. The molecule has 0 bridgehead atoms. The van der Waals surface area contributed by atoms with Gasteiger partial charge in [0.05, 0.1) is 26.3 Å². The highest BCUT2D eigenvalue weighted by molar-refractivity contribution is 5.91. The molecule has 2 aliphatic rings. The zero-order chi connectivity index (χ0) is 22.9. The van der Waals surface area contributed by atoms with Crippen molar-refractivity contribution < 1.29 is 19.0 Å². The van der Waals surface area contributed by atoms with Crippen LogP contribution in [-0.4, -0.2) is 67.8 Å². The standard InChI is InChI=1S/C24H27N5O4/c1-31-19-13-17-18(14-20(19)32-2)26-24(27-22(17)25)29-10-8-28(9-11-29)23(30)21-16-6-4-3-5-15(16)7-12-33-21/h3-6,13-14,21H,7-12H2,1-2H3,(H2,25,26,27).